The number of likely N-dealkylation sites (tertiary alicyclic amines) is 1. The lowest BCUT2D eigenvalue weighted by Crippen LogP contribution is -2.33. The van der Waals surface area contributed by atoms with Crippen LogP contribution in [0.3, 0.4) is 0 Å². The predicted molar refractivity (Wildman–Crippen MR) is 84.5 cm³/mol. The second-order valence-corrected chi connectivity index (χ2v) is 5.85. The van der Waals surface area contributed by atoms with E-state index < -0.39 is 0 Å². The van der Waals surface area contributed by atoms with Gasteiger partial charge in [-0.3, -0.25) is 9.69 Å². The van der Waals surface area contributed by atoms with Gasteiger partial charge < -0.3 is 11.1 Å². The number of aromatic nitrogens is 1. The number of carbonyl (C=O) groups excluding carboxylic acids is 1. The van der Waals surface area contributed by atoms with Crippen molar-refractivity contribution in [1.82, 2.24) is 9.88 Å². The summed E-state index contributed by atoms with van der Waals surface area (Å²) >= 11 is 1.50. The fourth-order valence-electron chi connectivity index (χ4n) is 2.29. The second kappa shape index (κ2) is 6.49. The standard InChI is InChI=1S/C13H16N4OS.ClH/c14-9-5-6-17(7-9)8-12(18)16-13-15-10-3-1-2-4-11(10)19-13;/h1-4,9H,5-8,14H2,(H,15,16,18);1H. The molecule has 0 spiro atoms. The zero-order valence-electron chi connectivity index (χ0n) is 10.9. The van der Waals surface area contributed by atoms with Gasteiger partial charge in [-0.25, -0.2) is 4.98 Å². The highest BCUT2D eigenvalue weighted by Gasteiger charge is 2.21. The summed E-state index contributed by atoms with van der Waals surface area (Å²) in [5, 5.41) is 3.52. The van der Waals surface area contributed by atoms with E-state index >= 15 is 0 Å². The summed E-state index contributed by atoms with van der Waals surface area (Å²) in [5.41, 5.74) is 6.74. The molecule has 5 nitrogen and oxygen atoms in total. The number of anilines is 1. The topological polar surface area (TPSA) is 71.2 Å². The van der Waals surface area contributed by atoms with Crippen LogP contribution in [0.15, 0.2) is 24.3 Å². The van der Waals surface area contributed by atoms with Crippen LogP contribution in [-0.4, -0.2) is 41.5 Å². The largest absolute Gasteiger partial charge is 0.326 e. The van der Waals surface area contributed by atoms with Gasteiger partial charge in [0.2, 0.25) is 5.91 Å². The highest BCUT2D eigenvalue weighted by molar-refractivity contribution is 7.22. The predicted octanol–water partition coefficient (Wildman–Crippen LogP) is 1.69. The molecule has 20 heavy (non-hydrogen) atoms. The molecule has 1 aliphatic rings. The number of rotatable bonds is 3. The highest BCUT2D eigenvalue weighted by atomic mass is 35.5. The summed E-state index contributed by atoms with van der Waals surface area (Å²) in [6.07, 6.45) is 0.967. The van der Waals surface area contributed by atoms with E-state index in [1.165, 1.54) is 11.3 Å². The smallest absolute Gasteiger partial charge is 0.240 e. The average molecular weight is 313 g/mol. The van der Waals surface area contributed by atoms with E-state index in [-0.39, 0.29) is 24.4 Å². The quantitative estimate of drug-likeness (QED) is 0.905. The van der Waals surface area contributed by atoms with Crippen molar-refractivity contribution in [2.45, 2.75) is 12.5 Å². The van der Waals surface area contributed by atoms with Gasteiger partial charge in [-0.1, -0.05) is 23.5 Å². The van der Waals surface area contributed by atoms with E-state index in [1.807, 2.05) is 24.3 Å². The Balaban J connectivity index is 0.00000147. The molecule has 2 heterocycles. The van der Waals surface area contributed by atoms with Gasteiger partial charge in [-0.05, 0) is 18.6 Å². The van der Waals surface area contributed by atoms with Crippen LogP contribution in [0.5, 0.6) is 0 Å². The molecule has 1 fully saturated rings. The lowest BCUT2D eigenvalue weighted by molar-refractivity contribution is -0.117. The monoisotopic (exact) mass is 312 g/mol. The molecular formula is C13H17ClN4OS. The lowest BCUT2D eigenvalue weighted by atomic mass is 10.3. The maximum Gasteiger partial charge on any atom is 0.240 e. The van der Waals surface area contributed by atoms with Crippen LogP contribution >= 0.6 is 23.7 Å². The minimum Gasteiger partial charge on any atom is -0.326 e. The Morgan fingerprint density at radius 3 is 3.00 bits per heavy atom. The number of nitrogens with two attached hydrogens (primary N) is 1. The number of carbonyl (C=O) groups is 1. The Labute approximate surface area is 127 Å². The number of benzene rings is 1. The van der Waals surface area contributed by atoms with Crippen molar-refractivity contribution in [2.75, 3.05) is 25.0 Å². The number of amides is 1. The van der Waals surface area contributed by atoms with Crippen molar-refractivity contribution in [3.05, 3.63) is 24.3 Å². The molecule has 0 radical (unpaired) electrons. The molecule has 108 valence electrons. The van der Waals surface area contributed by atoms with Crippen molar-refractivity contribution in [3.63, 3.8) is 0 Å². The number of hydrogen-bond donors (Lipinski definition) is 2. The number of nitrogens with zero attached hydrogens (tertiary/aromatic N) is 2. The fraction of sp³-hybridized carbons (Fsp3) is 0.385. The molecule has 0 bridgehead atoms. The molecule has 2 aromatic rings. The van der Waals surface area contributed by atoms with Crippen LogP contribution in [0.4, 0.5) is 5.13 Å². The SMILES string of the molecule is Cl.NC1CCN(CC(=O)Nc2nc3ccccc3s2)C1. The third kappa shape index (κ3) is 3.46. The summed E-state index contributed by atoms with van der Waals surface area (Å²) in [5.74, 6) is -0.0202. The molecule has 7 heteroatoms. The van der Waals surface area contributed by atoms with Gasteiger partial charge >= 0.3 is 0 Å². The van der Waals surface area contributed by atoms with E-state index in [9.17, 15) is 4.79 Å². The van der Waals surface area contributed by atoms with Crippen molar-refractivity contribution in [3.8, 4) is 0 Å². The number of halogens is 1. The first-order chi connectivity index (χ1) is 9.20. The first kappa shape index (κ1) is 15.2. The molecule has 1 aromatic carbocycles. The molecular weight excluding hydrogens is 296 g/mol. The summed E-state index contributed by atoms with van der Waals surface area (Å²) in [6, 6.07) is 8.07. The van der Waals surface area contributed by atoms with Gasteiger partial charge in [0.05, 0.1) is 16.8 Å². The molecule has 1 aliphatic heterocycles. The number of nitrogens with one attached hydrogen (secondary N) is 1. The number of fused-ring (bicyclic) bond motifs is 1. The van der Waals surface area contributed by atoms with Crippen LogP contribution in [0.2, 0.25) is 0 Å². The first-order valence-electron chi connectivity index (χ1n) is 6.34. The number of thiazole rings is 1. The van der Waals surface area contributed by atoms with Gasteiger partial charge in [-0.2, -0.15) is 0 Å². The van der Waals surface area contributed by atoms with E-state index in [4.69, 9.17) is 5.73 Å². The van der Waals surface area contributed by atoms with Crippen LogP contribution < -0.4 is 11.1 Å². The van der Waals surface area contributed by atoms with Gasteiger partial charge in [-0.15, -0.1) is 12.4 Å². The van der Waals surface area contributed by atoms with Crippen molar-refractivity contribution in [1.29, 1.82) is 0 Å². The molecule has 0 aliphatic carbocycles. The van der Waals surface area contributed by atoms with Gasteiger partial charge in [0, 0.05) is 19.1 Å². The number of para-hydroxylation sites is 1. The molecule has 3 rings (SSSR count). The Morgan fingerprint density at radius 1 is 1.50 bits per heavy atom. The minimum absolute atomic E-state index is 0. The Hall–Kier alpha value is -1.21. The third-order valence-corrected chi connectivity index (χ3v) is 4.17. The average Bonchev–Trinajstić information content (AvgIpc) is 2.94. The molecule has 1 aromatic heterocycles. The Kier molecular flexibility index (Phi) is 4.93. The Morgan fingerprint density at radius 2 is 2.30 bits per heavy atom. The zero-order valence-corrected chi connectivity index (χ0v) is 12.5. The summed E-state index contributed by atoms with van der Waals surface area (Å²) in [4.78, 5) is 18.4. The molecule has 1 unspecified atom stereocenters. The molecule has 1 atom stereocenters. The fourth-order valence-corrected chi connectivity index (χ4v) is 3.18. The summed E-state index contributed by atoms with van der Waals surface area (Å²) < 4.78 is 1.08. The van der Waals surface area contributed by atoms with E-state index in [0.29, 0.717) is 11.7 Å². The maximum atomic E-state index is 11.9. The van der Waals surface area contributed by atoms with E-state index in [0.717, 1.165) is 29.7 Å². The van der Waals surface area contributed by atoms with E-state index in [1.54, 1.807) is 0 Å². The third-order valence-electron chi connectivity index (χ3n) is 3.22. The second-order valence-electron chi connectivity index (χ2n) is 4.82. The van der Waals surface area contributed by atoms with Crippen molar-refractivity contribution < 1.29 is 4.79 Å². The van der Waals surface area contributed by atoms with Crippen LogP contribution in [-0.2, 0) is 4.79 Å². The van der Waals surface area contributed by atoms with Crippen LogP contribution in [0.1, 0.15) is 6.42 Å². The van der Waals surface area contributed by atoms with Crippen molar-refractivity contribution in [2.24, 2.45) is 5.73 Å². The number of hydrogen-bond acceptors (Lipinski definition) is 5. The Bertz CT molecular complexity index is 570. The molecule has 3 N–H and O–H groups in total. The summed E-state index contributed by atoms with van der Waals surface area (Å²) in [6.45, 7) is 2.09. The first-order valence-corrected chi connectivity index (χ1v) is 7.16. The lowest BCUT2D eigenvalue weighted by Gasteiger charge is -2.13. The van der Waals surface area contributed by atoms with Gasteiger partial charge in [0.25, 0.3) is 0 Å². The van der Waals surface area contributed by atoms with E-state index in [2.05, 4.69) is 15.2 Å². The maximum absolute atomic E-state index is 11.9. The minimum atomic E-state index is -0.0202. The molecule has 1 saturated heterocycles. The van der Waals surface area contributed by atoms with Gasteiger partial charge in [0.1, 0.15) is 0 Å². The molecule has 1 amide bonds. The normalized spacial score (nSPS) is 18.9. The molecule has 0 saturated carbocycles. The zero-order chi connectivity index (χ0) is 13.2. The van der Waals surface area contributed by atoms with Crippen LogP contribution in [0, 0.1) is 0 Å². The highest BCUT2D eigenvalue weighted by Crippen LogP contribution is 2.25. The van der Waals surface area contributed by atoms with Crippen LogP contribution in [0.25, 0.3) is 10.2 Å². The van der Waals surface area contributed by atoms with Crippen molar-refractivity contribution >= 4 is 45.0 Å². The van der Waals surface area contributed by atoms with Gasteiger partial charge in [0.15, 0.2) is 5.13 Å². The summed E-state index contributed by atoms with van der Waals surface area (Å²) in [7, 11) is 0.